The third kappa shape index (κ3) is 2.74. The minimum absolute atomic E-state index is 0.196. The van der Waals surface area contributed by atoms with Gasteiger partial charge in [-0.1, -0.05) is 0 Å². The summed E-state index contributed by atoms with van der Waals surface area (Å²) >= 11 is 0. The van der Waals surface area contributed by atoms with Crippen molar-refractivity contribution in [3.8, 4) is 0 Å². The maximum absolute atomic E-state index is 5.97. The number of ether oxygens (including phenoxy) is 2. The van der Waals surface area contributed by atoms with Gasteiger partial charge in [-0.3, -0.25) is 0 Å². The molecule has 0 aliphatic carbocycles. The van der Waals surface area contributed by atoms with E-state index in [1.165, 1.54) is 19.4 Å². The summed E-state index contributed by atoms with van der Waals surface area (Å²) in [5.74, 6) is -0.386. The first-order valence-corrected chi connectivity index (χ1v) is 6.35. The zero-order valence-corrected chi connectivity index (χ0v) is 10.4. The molecule has 0 radical (unpaired) electrons. The summed E-state index contributed by atoms with van der Waals surface area (Å²) in [4.78, 5) is 2.41. The fraction of sp³-hybridized carbons (Fsp3) is 1.00. The number of nitrogens with two attached hydrogens (primary N) is 1. The average Bonchev–Trinajstić information content (AvgIpc) is 2.77. The second-order valence-electron chi connectivity index (χ2n) is 5.24. The van der Waals surface area contributed by atoms with Crippen molar-refractivity contribution in [1.82, 2.24) is 4.90 Å². The van der Waals surface area contributed by atoms with Crippen LogP contribution < -0.4 is 5.73 Å². The Labute approximate surface area is 98.1 Å². The summed E-state index contributed by atoms with van der Waals surface area (Å²) in [7, 11) is 2.19. The van der Waals surface area contributed by atoms with Crippen LogP contribution in [0.4, 0.5) is 0 Å². The van der Waals surface area contributed by atoms with Gasteiger partial charge < -0.3 is 20.1 Å². The van der Waals surface area contributed by atoms with Crippen molar-refractivity contribution in [3.63, 3.8) is 0 Å². The van der Waals surface area contributed by atoms with Gasteiger partial charge in [0.25, 0.3) is 0 Å². The molecule has 94 valence electrons. The minimum Gasteiger partial charge on any atom is -0.347 e. The van der Waals surface area contributed by atoms with Crippen molar-refractivity contribution in [2.45, 2.75) is 50.5 Å². The predicted octanol–water partition coefficient (Wildman–Crippen LogP) is 0.951. The molecule has 16 heavy (non-hydrogen) atoms. The summed E-state index contributed by atoms with van der Waals surface area (Å²) in [6.45, 7) is 4.64. The largest absolute Gasteiger partial charge is 0.347 e. The molecule has 0 amide bonds. The van der Waals surface area contributed by atoms with Gasteiger partial charge >= 0.3 is 0 Å². The molecule has 4 nitrogen and oxygen atoms in total. The maximum atomic E-state index is 5.97. The molecule has 0 spiro atoms. The van der Waals surface area contributed by atoms with Crippen molar-refractivity contribution in [2.75, 3.05) is 26.7 Å². The lowest BCUT2D eigenvalue weighted by atomic mass is 10.1. The first kappa shape index (κ1) is 12.3. The third-order valence-electron chi connectivity index (χ3n) is 3.76. The van der Waals surface area contributed by atoms with Crippen molar-refractivity contribution >= 4 is 0 Å². The smallest absolute Gasteiger partial charge is 0.167 e. The van der Waals surface area contributed by atoms with E-state index < -0.39 is 0 Å². The fourth-order valence-electron chi connectivity index (χ4n) is 2.79. The zero-order chi connectivity index (χ0) is 11.6. The summed E-state index contributed by atoms with van der Waals surface area (Å²) in [6.07, 6.45) is 4.63. The SMILES string of the molecule is CN1CCCC1CC1(C)OCC(CCN)O1. The summed E-state index contributed by atoms with van der Waals surface area (Å²) in [5.41, 5.74) is 5.54. The molecule has 2 fully saturated rings. The lowest BCUT2D eigenvalue weighted by Crippen LogP contribution is -2.37. The van der Waals surface area contributed by atoms with Crippen molar-refractivity contribution < 1.29 is 9.47 Å². The average molecular weight is 228 g/mol. The van der Waals surface area contributed by atoms with Crippen molar-refractivity contribution in [1.29, 1.82) is 0 Å². The molecule has 2 aliphatic rings. The van der Waals surface area contributed by atoms with Crippen LogP contribution in [0.1, 0.15) is 32.6 Å². The van der Waals surface area contributed by atoms with E-state index >= 15 is 0 Å². The Balaban J connectivity index is 1.84. The van der Waals surface area contributed by atoms with Gasteiger partial charge in [-0.15, -0.1) is 0 Å². The van der Waals surface area contributed by atoms with E-state index in [4.69, 9.17) is 15.2 Å². The quantitative estimate of drug-likeness (QED) is 0.778. The van der Waals surface area contributed by atoms with Gasteiger partial charge in [0.15, 0.2) is 5.79 Å². The summed E-state index contributed by atoms with van der Waals surface area (Å²) in [5, 5.41) is 0. The number of rotatable bonds is 4. The number of likely N-dealkylation sites (tertiary alicyclic amines) is 1. The monoisotopic (exact) mass is 228 g/mol. The molecule has 2 heterocycles. The molecule has 2 aliphatic heterocycles. The van der Waals surface area contributed by atoms with E-state index in [1.54, 1.807) is 0 Å². The van der Waals surface area contributed by atoms with E-state index in [1.807, 2.05) is 0 Å². The van der Waals surface area contributed by atoms with Crippen molar-refractivity contribution in [3.05, 3.63) is 0 Å². The van der Waals surface area contributed by atoms with Crippen LogP contribution in [0.25, 0.3) is 0 Å². The first-order valence-electron chi connectivity index (χ1n) is 6.35. The Kier molecular flexibility index (Phi) is 3.85. The highest BCUT2D eigenvalue weighted by atomic mass is 16.7. The molecule has 0 saturated carbocycles. The first-order chi connectivity index (χ1) is 7.63. The number of hydrogen-bond acceptors (Lipinski definition) is 4. The van der Waals surface area contributed by atoms with Crippen LogP contribution >= 0.6 is 0 Å². The standard InChI is InChI=1S/C12H24N2O2/c1-12(8-10-4-3-7-14(10)2)15-9-11(16-12)5-6-13/h10-11H,3-9,13H2,1-2H3. The van der Waals surface area contributed by atoms with Gasteiger partial charge in [0, 0.05) is 12.5 Å². The highest BCUT2D eigenvalue weighted by Gasteiger charge is 2.40. The molecule has 2 saturated heterocycles. The second kappa shape index (κ2) is 5.00. The number of hydrogen-bond donors (Lipinski definition) is 1. The molecular weight excluding hydrogens is 204 g/mol. The molecular formula is C12H24N2O2. The number of nitrogens with zero attached hydrogens (tertiary/aromatic N) is 1. The molecule has 2 rings (SSSR count). The second-order valence-corrected chi connectivity index (χ2v) is 5.24. The Bertz CT molecular complexity index is 237. The predicted molar refractivity (Wildman–Crippen MR) is 63.2 cm³/mol. The van der Waals surface area contributed by atoms with Crippen LogP contribution in [-0.4, -0.2) is 49.6 Å². The van der Waals surface area contributed by atoms with Gasteiger partial charge in [0.05, 0.1) is 12.7 Å². The lowest BCUT2D eigenvalue weighted by Gasteiger charge is -2.29. The Morgan fingerprint density at radius 3 is 2.94 bits per heavy atom. The van der Waals surface area contributed by atoms with E-state index in [-0.39, 0.29) is 11.9 Å². The van der Waals surface area contributed by atoms with E-state index in [2.05, 4.69) is 18.9 Å². The molecule has 0 aromatic carbocycles. The van der Waals surface area contributed by atoms with Gasteiger partial charge in [-0.25, -0.2) is 0 Å². The Morgan fingerprint density at radius 2 is 2.31 bits per heavy atom. The zero-order valence-electron chi connectivity index (χ0n) is 10.4. The summed E-state index contributed by atoms with van der Waals surface area (Å²) in [6, 6.07) is 0.613. The highest BCUT2D eigenvalue weighted by Crippen LogP contribution is 2.33. The van der Waals surface area contributed by atoms with Crippen LogP contribution in [0.15, 0.2) is 0 Å². The lowest BCUT2D eigenvalue weighted by molar-refractivity contribution is -0.166. The van der Waals surface area contributed by atoms with Crippen molar-refractivity contribution in [2.24, 2.45) is 5.73 Å². The summed E-state index contributed by atoms with van der Waals surface area (Å²) < 4.78 is 11.8. The van der Waals surface area contributed by atoms with Crippen LogP contribution in [0.2, 0.25) is 0 Å². The van der Waals surface area contributed by atoms with Gasteiger partial charge in [0.2, 0.25) is 0 Å². The normalized spacial score (nSPS) is 40.7. The van der Waals surface area contributed by atoms with Gasteiger partial charge in [0.1, 0.15) is 0 Å². The van der Waals surface area contributed by atoms with Crippen LogP contribution in [-0.2, 0) is 9.47 Å². The minimum atomic E-state index is -0.386. The Morgan fingerprint density at radius 1 is 1.50 bits per heavy atom. The molecule has 2 N–H and O–H groups in total. The molecule has 4 heteroatoms. The van der Waals surface area contributed by atoms with Crippen LogP contribution in [0.3, 0.4) is 0 Å². The topological polar surface area (TPSA) is 47.7 Å². The van der Waals surface area contributed by atoms with E-state index in [0.717, 1.165) is 12.8 Å². The molecule has 0 bridgehead atoms. The van der Waals surface area contributed by atoms with E-state index in [0.29, 0.717) is 19.2 Å². The molecule has 3 atom stereocenters. The van der Waals surface area contributed by atoms with Crippen LogP contribution in [0.5, 0.6) is 0 Å². The highest BCUT2D eigenvalue weighted by molar-refractivity contribution is 4.85. The van der Waals surface area contributed by atoms with E-state index in [9.17, 15) is 0 Å². The molecule has 0 aromatic rings. The Hall–Kier alpha value is -0.160. The van der Waals surface area contributed by atoms with Gasteiger partial charge in [-0.2, -0.15) is 0 Å². The van der Waals surface area contributed by atoms with Crippen LogP contribution in [0, 0.1) is 0 Å². The maximum Gasteiger partial charge on any atom is 0.167 e. The molecule has 0 aromatic heterocycles. The third-order valence-corrected chi connectivity index (χ3v) is 3.76. The van der Waals surface area contributed by atoms with Gasteiger partial charge in [-0.05, 0) is 46.3 Å². The molecule has 3 unspecified atom stereocenters. The fourth-order valence-corrected chi connectivity index (χ4v) is 2.79.